The van der Waals surface area contributed by atoms with E-state index in [2.05, 4.69) is 29.6 Å². The Morgan fingerprint density at radius 1 is 1.00 bits per heavy atom. The monoisotopic (exact) mass is 308 g/mol. The molecule has 0 amide bonds. The lowest BCUT2D eigenvalue weighted by atomic mass is 9.93. The average Bonchev–Trinajstić information content (AvgIpc) is 3.08. The van der Waals surface area contributed by atoms with Gasteiger partial charge >= 0.3 is 5.97 Å². The van der Waals surface area contributed by atoms with Crippen molar-refractivity contribution in [3.05, 3.63) is 82.0 Å². The molecule has 1 heterocycles. The average molecular weight is 308 g/mol. The quantitative estimate of drug-likeness (QED) is 0.648. The molecule has 0 saturated heterocycles. The molecule has 0 radical (unpaired) electrons. The predicted molar refractivity (Wildman–Crippen MR) is 90.3 cm³/mol. The van der Waals surface area contributed by atoms with Gasteiger partial charge in [-0.1, -0.05) is 48.5 Å². The van der Waals surface area contributed by atoms with Gasteiger partial charge in [-0.25, -0.2) is 4.79 Å². The number of rotatable bonds is 4. The van der Waals surface area contributed by atoms with Crippen LogP contribution in [-0.4, -0.2) is 13.1 Å². The third-order valence-electron chi connectivity index (χ3n) is 3.60. The van der Waals surface area contributed by atoms with Gasteiger partial charge in [-0.15, -0.1) is 11.3 Å². The molecule has 110 valence electrons. The molecule has 0 fully saturated rings. The third kappa shape index (κ3) is 2.95. The maximum absolute atomic E-state index is 12.1. The summed E-state index contributed by atoms with van der Waals surface area (Å²) in [4.78, 5) is 13.4. The van der Waals surface area contributed by atoms with E-state index in [0.29, 0.717) is 5.56 Å². The van der Waals surface area contributed by atoms with Crippen LogP contribution >= 0.6 is 11.3 Å². The molecule has 3 heteroatoms. The number of methoxy groups -OCH3 is 1. The Kier molecular flexibility index (Phi) is 4.35. The Morgan fingerprint density at radius 3 is 2.50 bits per heavy atom. The summed E-state index contributed by atoms with van der Waals surface area (Å²) in [5, 5.41) is 2.05. The van der Waals surface area contributed by atoms with E-state index in [1.54, 1.807) is 11.3 Å². The molecule has 0 aliphatic heterocycles. The number of hydrogen-bond acceptors (Lipinski definition) is 3. The lowest BCUT2D eigenvalue weighted by Crippen LogP contribution is -2.07. The topological polar surface area (TPSA) is 26.3 Å². The number of benzene rings is 2. The van der Waals surface area contributed by atoms with Gasteiger partial charge in [0.25, 0.3) is 0 Å². The Bertz CT molecular complexity index is 761. The van der Waals surface area contributed by atoms with Crippen LogP contribution in [0.4, 0.5) is 0 Å². The number of carbonyl (C=O) groups excluding carboxylic acids is 1. The van der Waals surface area contributed by atoms with E-state index in [1.807, 2.05) is 36.4 Å². The van der Waals surface area contributed by atoms with Crippen LogP contribution in [0.15, 0.2) is 66.0 Å². The number of carbonyl (C=O) groups is 1. The first-order chi connectivity index (χ1) is 10.8. The number of thiophene rings is 1. The van der Waals surface area contributed by atoms with Crippen LogP contribution in [0.3, 0.4) is 0 Å². The fourth-order valence-corrected chi connectivity index (χ4v) is 3.27. The van der Waals surface area contributed by atoms with Gasteiger partial charge in [0.2, 0.25) is 0 Å². The fraction of sp³-hybridized carbons (Fsp3) is 0.105. The van der Waals surface area contributed by atoms with E-state index in [-0.39, 0.29) is 5.97 Å². The molecule has 0 N–H and O–H groups in total. The second kappa shape index (κ2) is 6.58. The van der Waals surface area contributed by atoms with Crippen LogP contribution < -0.4 is 0 Å². The smallest absolute Gasteiger partial charge is 0.338 e. The summed E-state index contributed by atoms with van der Waals surface area (Å²) in [7, 11) is 1.42. The molecule has 3 aromatic rings. The summed E-state index contributed by atoms with van der Waals surface area (Å²) in [5.74, 6) is -0.288. The molecule has 0 aliphatic carbocycles. The Hall–Kier alpha value is -2.39. The molecule has 0 bridgehead atoms. The summed E-state index contributed by atoms with van der Waals surface area (Å²) in [5.41, 5.74) is 3.84. The van der Waals surface area contributed by atoms with Crippen molar-refractivity contribution in [3.63, 3.8) is 0 Å². The predicted octanol–water partition coefficient (Wildman–Crippen LogP) is 4.79. The molecule has 0 saturated carbocycles. The van der Waals surface area contributed by atoms with E-state index >= 15 is 0 Å². The standard InChI is InChI=1S/C19H16O2S/c1-21-19(20)17-11-5-10-16(14-7-3-2-4-8-14)18(17)13-15-9-6-12-22-15/h2-12H,13H2,1H3. The highest BCUT2D eigenvalue weighted by atomic mass is 32.1. The van der Waals surface area contributed by atoms with E-state index in [1.165, 1.54) is 12.0 Å². The maximum Gasteiger partial charge on any atom is 0.338 e. The molecule has 0 atom stereocenters. The van der Waals surface area contributed by atoms with E-state index in [9.17, 15) is 4.79 Å². The SMILES string of the molecule is COC(=O)c1cccc(-c2ccccc2)c1Cc1cccs1. The number of hydrogen-bond donors (Lipinski definition) is 0. The summed E-state index contributed by atoms with van der Waals surface area (Å²) < 4.78 is 4.95. The first kappa shape index (κ1) is 14.5. The van der Waals surface area contributed by atoms with Crippen molar-refractivity contribution in [2.45, 2.75) is 6.42 Å². The highest BCUT2D eigenvalue weighted by molar-refractivity contribution is 7.09. The lowest BCUT2D eigenvalue weighted by molar-refractivity contribution is 0.0599. The molecule has 0 aliphatic rings. The maximum atomic E-state index is 12.1. The zero-order chi connectivity index (χ0) is 15.4. The van der Waals surface area contributed by atoms with Crippen molar-refractivity contribution < 1.29 is 9.53 Å². The van der Waals surface area contributed by atoms with Crippen LogP contribution in [0.2, 0.25) is 0 Å². The molecule has 1 aromatic heterocycles. The summed E-state index contributed by atoms with van der Waals surface area (Å²) in [6.07, 6.45) is 0.729. The highest BCUT2D eigenvalue weighted by Crippen LogP contribution is 2.30. The molecular formula is C19H16O2S. The van der Waals surface area contributed by atoms with Gasteiger partial charge in [0.15, 0.2) is 0 Å². The Balaban J connectivity index is 2.14. The first-order valence-electron chi connectivity index (χ1n) is 7.07. The van der Waals surface area contributed by atoms with Crippen molar-refractivity contribution >= 4 is 17.3 Å². The summed E-state index contributed by atoms with van der Waals surface area (Å²) in [6.45, 7) is 0. The molecule has 3 rings (SSSR count). The van der Waals surface area contributed by atoms with E-state index in [0.717, 1.165) is 23.1 Å². The molecule has 0 spiro atoms. The second-order valence-corrected chi connectivity index (χ2v) is 5.98. The van der Waals surface area contributed by atoms with Crippen LogP contribution in [0.5, 0.6) is 0 Å². The van der Waals surface area contributed by atoms with Crippen LogP contribution in [0.1, 0.15) is 20.8 Å². The minimum absolute atomic E-state index is 0.288. The molecule has 0 unspecified atom stereocenters. The van der Waals surface area contributed by atoms with Crippen molar-refractivity contribution in [1.82, 2.24) is 0 Å². The number of esters is 1. The minimum Gasteiger partial charge on any atom is -0.465 e. The summed E-state index contributed by atoms with van der Waals surface area (Å²) >= 11 is 1.70. The zero-order valence-electron chi connectivity index (χ0n) is 12.3. The first-order valence-corrected chi connectivity index (χ1v) is 7.95. The van der Waals surface area contributed by atoms with Crippen LogP contribution in [-0.2, 0) is 11.2 Å². The summed E-state index contributed by atoms with van der Waals surface area (Å²) in [6, 6.07) is 20.1. The minimum atomic E-state index is -0.288. The molecule has 2 aromatic carbocycles. The lowest BCUT2D eigenvalue weighted by Gasteiger charge is -2.13. The van der Waals surface area contributed by atoms with Crippen molar-refractivity contribution in [1.29, 1.82) is 0 Å². The van der Waals surface area contributed by atoms with Crippen LogP contribution in [0, 0.1) is 0 Å². The largest absolute Gasteiger partial charge is 0.465 e. The molecular weight excluding hydrogens is 292 g/mol. The van der Waals surface area contributed by atoms with Gasteiger partial charge < -0.3 is 4.74 Å². The zero-order valence-corrected chi connectivity index (χ0v) is 13.1. The van der Waals surface area contributed by atoms with E-state index < -0.39 is 0 Å². The van der Waals surface area contributed by atoms with E-state index in [4.69, 9.17) is 4.74 Å². The Morgan fingerprint density at radius 2 is 1.82 bits per heavy atom. The van der Waals surface area contributed by atoms with Crippen LogP contribution in [0.25, 0.3) is 11.1 Å². The number of ether oxygens (including phenoxy) is 1. The van der Waals surface area contributed by atoms with Gasteiger partial charge in [0.05, 0.1) is 12.7 Å². The van der Waals surface area contributed by atoms with Gasteiger partial charge in [-0.05, 0) is 34.2 Å². The van der Waals surface area contributed by atoms with Crippen molar-refractivity contribution in [3.8, 4) is 11.1 Å². The van der Waals surface area contributed by atoms with Gasteiger partial charge in [-0.2, -0.15) is 0 Å². The highest BCUT2D eigenvalue weighted by Gasteiger charge is 2.16. The molecule has 22 heavy (non-hydrogen) atoms. The van der Waals surface area contributed by atoms with Gasteiger partial charge in [0, 0.05) is 11.3 Å². The third-order valence-corrected chi connectivity index (χ3v) is 4.47. The second-order valence-electron chi connectivity index (χ2n) is 4.95. The molecule has 2 nitrogen and oxygen atoms in total. The van der Waals surface area contributed by atoms with Gasteiger partial charge in [0.1, 0.15) is 0 Å². The Labute approximate surface area is 134 Å². The van der Waals surface area contributed by atoms with Gasteiger partial charge in [-0.3, -0.25) is 0 Å². The fourth-order valence-electron chi connectivity index (χ4n) is 2.55. The van der Waals surface area contributed by atoms with Crippen molar-refractivity contribution in [2.24, 2.45) is 0 Å². The van der Waals surface area contributed by atoms with Crippen molar-refractivity contribution in [2.75, 3.05) is 7.11 Å². The normalized spacial score (nSPS) is 10.4.